The van der Waals surface area contributed by atoms with E-state index < -0.39 is 23.3 Å². The molecule has 1 heterocycles. The van der Waals surface area contributed by atoms with Gasteiger partial charge in [-0.1, -0.05) is 46.0 Å². The van der Waals surface area contributed by atoms with Crippen LogP contribution >= 0.6 is 15.9 Å². The lowest BCUT2D eigenvalue weighted by atomic mass is 9.85. The molecule has 4 aromatic rings. The number of aliphatic hydroxyl groups is 1. The fourth-order valence-corrected chi connectivity index (χ4v) is 4.27. The van der Waals surface area contributed by atoms with E-state index in [2.05, 4.69) is 37.9 Å². The van der Waals surface area contributed by atoms with Crippen molar-refractivity contribution in [2.45, 2.75) is 31.7 Å². The van der Waals surface area contributed by atoms with Crippen molar-refractivity contribution < 1.29 is 13.9 Å². The second-order valence-electron chi connectivity index (χ2n) is 8.69. The molecule has 0 spiro atoms. The first-order valence-electron chi connectivity index (χ1n) is 11.3. The minimum Gasteiger partial charge on any atom is -0.381 e. The summed E-state index contributed by atoms with van der Waals surface area (Å²) in [5.74, 6) is 4.78. The average Bonchev–Trinajstić information content (AvgIpc) is 3.36. The van der Waals surface area contributed by atoms with E-state index >= 15 is 0 Å². The van der Waals surface area contributed by atoms with Gasteiger partial charge in [-0.05, 0) is 62.0 Å². The predicted molar refractivity (Wildman–Crippen MR) is 138 cm³/mol. The Balaban J connectivity index is 1.52. The molecule has 36 heavy (non-hydrogen) atoms. The molecule has 5 nitrogen and oxygen atoms in total. The Morgan fingerprint density at radius 3 is 2.25 bits per heavy atom. The van der Waals surface area contributed by atoms with Crippen LogP contribution in [0, 0.1) is 23.5 Å². The molecule has 184 valence electrons. The molecule has 0 unspecified atom stereocenters. The quantitative estimate of drug-likeness (QED) is 0.324. The lowest BCUT2D eigenvalue weighted by Gasteiger charge is -2.40. The molecule has 0 radical (unpaired) electrons. The molecule has 1 N–H and O–H groups in total. The van der Waals surface area contributed by atoms with Crippen molar-refractivity contribution >= 4 is 15.9 Å². The fraction of sp³-hybridized carbons (Fsp3) is 0.214. The van der Waals surface area contributed by atoms with E-state index in [-0.39, 0.29) is 12.1 Å². The molecular weight excluding hydrogens is 526 g/mol. The second-order valence-corrected chi connectivity index (χ2v) is 9.60. The highest BCUT2D eigenvalue weighted by molar-refractivity contribution is 9.10. The van der Waals surface area contributed by atoms with E-state index in [9.17, 15) is 13.9 Å². The highest BCUT2D eigenvalue weighted by Gasteiger charge is 2.41. The number of hydrogen-bond donors (Lipinski definition) is 1. The third-order valence-corrected chi connectivity index (χ3v) is 6.73. The normalized spacial score (nSPS) is 13.6. The van der Waals surface area contributed by atoms with E-state index in [4.69, 9.17) is 0 Å². The lowest BCUT2D eigenvalue weighted by molar-refractivity contribution is -0.0591. The average molecular weight is 551 g/mol. The number of hydrogen-bond acceptors (Lipinski definition) is 4. The van der Waals surface area contributed by atoms with E-state index in [1.165, 1.54) is 23.4 Å². The van der Waals surface area contributed by atoms with Gasteiger partial charge in [0.2, 0.25) is 0 Å². The van der Waals surface area contributed by atoms with Gasteiger partial charge in [-0.3, -0.25) is 4.90 Å². The maximum absolute atomic E-state index is 14.8. The van der Waals surface area contributed by atoms with Gasteiger partial charge in [0.25, 0.3) is 0 Å². The minimum absolute atomic E-state index is 0.00249. The number of halogens is 3. The smallest absolute Gasteiger partial charge is 0.137 e. The molecule has 0 saturated carbocycles. The zero-order valence-corrected chi connectivity index (χ0v) is 21.5. The summed E-state index contributed by atoms with van der Waals surface area (Å²) in [6, 6.07) is 18.3. The molecule has 8 heteroatoms. The first-order chi connectivity index (χ1) is 17.2. The van der Waals surface area contributed by atoms with Crippen LogP contribution in [0.1, 0.15) is 29.2 Å². The fourth-order valence-electron chi connectivity index (χ4n) is 4.00. The molecule has 0 aliphatic heterocycles. The van der Waals surface area contributed by atoms with Gasteiger partial charge in [0.1, 0.15) is 29.9 Å². The zero-order chi connectivity index (χ0) is 25.7. The summed E-state index contributed by atoms with van der Waals surface area (Å²) in [6.45, 7) is 2.24. The van der Waals surface area contributed by atoms with E-state index in [1.54, 1.807) is 6.92 Å². The summed E-state index contributed by atoms with van der Waals surface area (Å²) in [4.78, 5) is 5.83. The first kappa shape index (κ1) is 25.7. The summed E-state index contributed by atoms with van der Waals surface area (Å²) in [7, 11) is 1.85. The third-order valence-electron chi connectivity index (χ3n) is 6.20. The monoisotopic (exact) mass is 550 g/mol. The molecule has 1 aromatic heterocycles. The van der Waals surface area contributed by atoms with Crippen LogP contribution in [-0.2, 0) is 18.7 Å². The van der Waals surface area contributed by atoms with Crippen LogP contribution in [0.15, 0.2) is 83.9 Å². The Labute approximate surface area is 217 Å². The van der Waals surface area contributed by atoms with Gasteiger partial charge in [-0.2, -0.15) is 5.10 Å². The number of nitrogens with zero attached hydrogens (tertiary/aromatic N) is 4. The Bertz CT molecular complexity index is 1370. The van der Waals surface area contributed by atoms with Crippen LogP contribution in [-0.4, -0.2) is 37.9 Å². The summed E-state index contributed by atoms with van der Waals surface area (Å²) in [5, 5.41) is 15.8. The van der Waals surface area contributed by atoms with Crippen molar-refractivity contribution in [2.24, 2.45) is 0 Å². The Morgan fingerprint density at radius 1 is 1.03 bits per heavy atom. The lowest BCUT2D eigenvalue weighted by Crippen LogP contribution is -2.50. The van der Waals surface area contributed by atoms with Crippen LogP contribution in [0.25, 0.3) is 0 Å². The van der Waals surface area contributed by atoms with Gasteiger partial charge in [-0.15, -0.1) is 0 Å². The van der Waals surface area contributed by atoms with E-state index in [1.807, 2.05) is 60.5 Å². The van der Waals surface area contributed by atoms with Gasteiger partial charge in [0, 0.05) is 39.8 Å². The number of aromatic nitrogens is 3. The molecule has 3 aromatic carbocycles. The summed E-state index contributed by atoms with van der Waals surface area (Å²) in [6.07, 6.45) is 2.80. The zero-order valence-electron chi connectivity index (χ0n) is 19.9. The topological polar surface area (TPSA) is 54.2 Å². The van der Waals surface area contributed by atoms with Crippen LogP contribution in [0.5, 0.6) is 0 Å². The largest absolute Gasteiger partial charge is 0.381 e. The molecule has 0 bridgehead atoms. The molecular formula is C28H25BrF2N4O. The van der Waals surface area contributed by atoms with Crippen LogP contribution < -0.4 is 0 Å². The van der Waals surface area contributed by atoms with Gasteiger partial charge >= 0.3 is 0 Å². The van der Waals surface area contributed by atoms with Crippen LogP contribution in [0.2, 0.25) is 0 Å². The van der Waals surface area contributed by atoms with E-state index in [0.717, 1.165) is 33.3 Å². The maximum atomic E-state index is 14.8. The Kier molecular flexibility index (Phi) is 7.94. The van der Waals surface area contributed by atoms with Gasteiger partial charge in [-0.25, -0.2) is 18.4 Å². The molecule has 0 aliphatic carbocycles. The predicted octanol–water partition coefficient (Wildman–Crippen LogP) is 5.13. The van der Waals surface area contributed by atoms with Gasteiger partial charge in [0.15, 0.2) is 0 Å². The van der Waals surface area contributed by atoms with Crippen molar-refractivity contribution in [1.29, 1.82) is 0 Å². The van der Waals surface area contributed by atoms with Crippen molar-refractivity contribution in [3.8, 4) is 11.8 Å². The standard InChI is InChI=1S/C28H25BrF2N4O/c1-20(28(36,17-35-19-32-18-33-35)26-14-13-25(30)15-27(26)31)34(2)16-23-7-5-21(6-8-23)3-4-22-9-11-24(29)12-10-22/h5-15,18-20,36H,16-17H2,1-2H3/t20-,28-/m1/s1. The minimum atomic E-state index is -1.70. The number of rotatable bonds is 7. The molecule has 0 aliphatic rings. The Morgan fingerprint density at radius 2 is 1.67 bits per heavy atom. The summed E-state index contributed by atoms with van der Waals surface area (Å²) >= 11 is 3.42. The molecule has 0 amide bonds. The van der Waals surface area contributed by atoms with Crippen molar-refractivity contribution in [3.05, 3.63) is 118 Å². The van der Waals surface area contributed by atoms with Crippen molar-refractivity contribution in [1.82, 2.24) is 19.7 Å². The van der Waals surface area contributed by atoms with Crippen LogP contribution in [0.3, 0.4) is 0 Å². The Hall–Kier alpha value is -3.38. The summed E-state index contributed by atoms with van der Waals surface area (Å²) < 4.78 is 30.8. The molecule has 2 atom stereocenters. The van der Waals surface area contributed by atoms with Crippen LogP contribution in [0.4, 0.5) is 8.78 Å². The highest BCUT2D eigenvalue weighted by atomic mass is 79.9. The second kappa shape index (κ2) is 11.1. The van der Waals surface area contributed by atoms with Gasteiger partial charge < -0.3 is 5.11 Å². The molecule has 0 saturated heterocycles. The van der Waals surface area contributed by atoms with E-state index in [0.29, 0.717) is 6.54 Å². The number of likely N-dealkylation sites (N-methyl/N-ethyl adjacent to an activating group) is 1. The SMILES string of the molecule is C[C@@H](N(C)Cc1ccc(C#Cc2ccc(Br)cc2)cc1)[C@](O)(Cn1cncn1)c1ccc(F)cc1F. The summed E-state index contributed by atoms with van der Waals surface area (Å²) in [5.41, 5.74) is 1.11. The highest BCUT2D eigenvalue weighted by Crippen LogP contribution is 2.33. The van der Waals surface area contributed by atoms with Gasteiger partial charge in [0.05, 0.1) is 6.54 Å². The number of benzene rings is 3. The van der Waals surface area contributed by atoms with Crippen molar-refractivity contribution in [3.63, 3.8) is 0 Å². The molecule has 0 fully saturated rings. The third kappa shape index (κ3) is 6.05. The first-order valence-corrected chi connectivity index (χ1v) is 12.1. The maximum Gasteiger partial charge on any atom is 0.137 e. The van der Waals surface area contributed by atoms with Crippen molar-refractivity contribution in [2.75, 3.05) is 7.05 Å². The molecule has 4 rings (SSSR count).